The van der Waals surface area contributed by atoms with Gasteiger partial charge in [-0.05, 0) is 37.8 Å². The van der Waals surface area contributed by atoms with Gasteiger partial charge in [0.05, 0.1) is 0 Å². The number of carbonyl (C=O) groups is 2. The number of carbonyl (C=O) groups excluding carboxylic acids is 2. The Balaban J connectivity index is 1.84. The molecule has 1 aliphatic carbocycles. The van der Waals surface area contributed by atoms with Crippen LogP contribution in [-0.2, 0) is 10.3 Å². The number of nitrogens with one attached hydrogen (secondary N) is 3. The van der Waals surface area contributed by atoms with Crippen molar-refractivity contribution in [2.24, 2.45) is 0 Å². The smallest absolute Gasteiger partial charge is 0.322 e. The largest absolute Gasteiger partial charge is 0.323 e. The van der Waals surface area contributed by atoms with Crippen molar-refractivity contribution >= 4 is 11.9 Å². The third-order valence-corrected chi connectivity index (χ3v) is 4.81. The average molecular weight is 287 g/mol. The van der Waals surface area contributed by atoms with Gasteiger partial charge in [-0.15, -0.1) is 0 Å². The minimum absolute atomic E-state index is 0.102. The van der Waals surface area contributed by atoms with Gasteiger partial charge in [0.2, 0.25) is 0 Å². The zero-order valence-corrected chi connectivity index (χ0v) is 12.2. The Bertz CT molecular complexity index is 548. The van der Waals surface area contributed by atoms with Crippen molar-refractivity contribution in [2.45, 2.75) is 43.7 Å². The number of amides is 3. The Kier molecular flexibility index (Phi) is 3.45. The number of urea groups is 1. The van der Waals surface area contributed by atoms with Crippen LogP contribution in [0.25, 0.3) is 0 Å². The molecule has 21 heavy (non-hydrogen) atoms. The predicted octanol–water partition coefficient (Wildman–Crippen LogP) is 1.64. The Hall–Kier alpha value is -1.88. The molecule has 112 valence electrons. The molecule has 1 heterocycles. The van der Waals surface area contributed by atoms with E-state index < -0.39 is 5.54 Å². The van der Waals surface area contributed by atoms with Crippen LogP contribution in [-0.4, -0.2) is 24.0 Å². The summed E-state index contributed by atoms with van der Waals surface area (Å²) in [5.41, 5.74) is 0.450. The Morgan fingerprint density at radius 3 is 2.29 bits per heavy atom. The van der Waals surface area contributed by atoms with Crippen LogP contribution in [0.1, 0.15) is 38.2 Å². The second-order valence-electron chi connectivity index (χ2n) is 5.97. The zero-order valence-electron chi connectivity index (χ0n) is 12.2. The molecule has 5 heteroatoms. The lowest BCUT2D eigenvalue weighted by Crippen LogP contribution is -2.56. The maximum absolute atomic E-state index is 12.1. The molecule has 0 bridgehead atoms. The third kappa shape index (κ3) is 2.31. The van der Waals surface area contributed by atoms with Gasteiger partial charge < -0.3 is 10.6 Å². The van der Waals surface area contributed by atoms with Gasteiger partial charge in [0.25, 0.3) is 5.91 Å². The van der Waals surface area contributed by atoms with Crippen molar-refractivity contribution in [2.75, 3.05) is 6.54 Å². The number of hydrogen-bond acceptors (Lipinski definition) is 3. The molecule has 1 saturated carbocycles. The summed E-state index contributed by atoms with van der Waals surface area (Å²) in [4.78, 5) is 23.5. The number of imide groups is 1. The summed E-state index contributed by atoms with van der Waals surface area (Å²) in [5.74, 6) is -0.175. The summed E-state index contributed by atoms with van der Waals surface area (Å²) in [6.45, 7) is 2.97. The van der Waals surface area contributed by atoms with Crippen molar-refractivity contribution in [3.8, 4) is 0 Å². The normalized spacial score (nSPS) is 32.0. The molecule has 0 radical (unpaired) electrons. The van der Waals surface area contributed by atoms with Crippen LogP contribution in [0.3, 0.4) is 0 Å². The van der Waals surface area contributed by atoms with Gasteiger partial charge in [0, 0.05) is 5.54 Å². The van der Waals surface area contributed by atoms with Gasteiger partial charge >= 0.3 is 6.03 Å². The highest BCUT2D eigenvalue weighted by molar-refractivity contribution is 6.07. The van der Waals surface area contributed by atoms with Crippen molar-refractivity contribution in [1.29, 1.82) is 0 Å². The van der Waals surface area contributed by atoms with Crippen molar-refractivity contribution < 1.29 is 9.59 Å². The quantitative estimate of drug-likeness (QED) is 0.740. The lowest BCUT2D eigenvalue weighted by atomic mass is 9.69. The lowest BCUT2D eigenvalue weighted by molar-refractivity contribution is -0.125. The highest BCUT2D eigenvalue weighted by atomic mass is 16.2. The highest BCUT2D eigenvalue weighted by Gasteiger charge is 2.51. The van der Waals surface area contributed by atoms with Gasteiger partial charge in [-0.3, -0.25) is 10.1 Å². The first-order chi connectivity index (χ1) is 10.1. The van der Waals surface area contributed by atoms with Crippen LogP contribution >= 0.6 is 0 Å². The zero-order chi connectivity index (χ0) is 14.9. The molecule has 2 fully saturated rings. The molecular formula is C16H21N3O2. The van der Waals surface area contributed by atoms with E-state index in [1.165, 1.54) is 5.56 Å². The van der Waals surface area contributed by atoms with Crippen LogP contribution in [0.4, 0.5) is 4.79 Å². The van der Waals surface area contributed by atoms with Gasteiger partial charge in [0.15, 0.2) is 0 Å². The first-order valence-electron chi connectivity index (χ1n) is 7.54. The number of benzene rings is 1. The van der Waals surface area contributed by atoms with E-state index in [0.717, 1.165) is 19.4 Å². The van der Waals surface area contributed by atoms with Crippen LogP contribution in [0.2, 0.25) is 0 Å². The predicted molar refractivity (Wildman–Crippen MR) is 79.7 cm³/mol. The Labute approximate surface area is 124 Å². The molecule has 0 aromatic heterocycles. The number of hydrogen-bond donors (Lipinski definition) is 3. The fourth-order valence-electron chi connectivity index (χ4n) is 3.65. The van der Waals surface area contributed by atoms with E-state index in [2.05, 4.69) is 35.0 Å². The molecule has 1 spiro atoms. The fraction of sp³-hybridized carbons (Fsp3) is 0.500. The Morgan fingerprint density at radius 1 is 1.10 bits per heavy atom. The molecule has 3 amide bonds. The summed E-state index contributed by atoms with van der Waals surface area (Å²) >= 11 is 0. The summed E-state index contributed by atoms with van der Waals surface area (Å²) in [7, 11) is 0. The molecule has 1 aromatic rings. The summed E-state index contributed by atoms with van der Waals surface area (Å²) in [6, 6.07) is 10.0. The van der Waals surface area contributed by atoms with E-state index in [9.17, 15) is 9.59 Å². The highest BCUT2D eigenvalue weighted by Crippen LogP contribution is 2.42. The second kappa shape index (κ2) is 5.15. The third-order valence-electron chi connectivity index (χ3n) is 4.81. The van der Waals surface area contributed by atoms with Crippen LogP contribution in [0.5, 0.6) is 0 Å². The van der Waals surface area contributed by atoms with E-state index >= 15 is 0 Å². The van der Waals surface area contributed by atoms with E-state index in [1.807, 2.05) is 18.2 Å². The van der Waals surface area contributed by atoms with E-state index in [0.29, 0.717) is 12.8 Å². The first kappa shape index (κ1) is 14.1. The maximum atomic E-state index is 12.1. The molecule has 3 N–H and O–H groups in total. The molecular weight excluding hydrogens is 266 g/mol. The fourth-order valence-corrected chi connectivity index (χ4v) is 3.65. The maximum Gasteiger partial charge on any atom is 0.322 e. The van der Waals surface area contributed by atoms with E-state index in [1.54, 1.807) is 0 Å². The number of rotatable bonds is 3. The van der Waals surface area contributed by atoms with Crippen molar-refractivity contribution in [3.05, 3.63) is 35.9 Å². The van der Waals surface area contributed by atoms with E-state index in [4.69, 9.17) is 0 Å². The minimum atomic E-state index is -0.704. The summed E-state index contributed by atoms with van der Waals surface area (Å²) in [6.07, 6.45) is 2.98. The van der Waals surface area contributed by atoms with Gasteiger partial charge in [-0.2, -0.15) is 0 Å². The summed E-state index contributed by atoms with van der Waals surface area (Å²) < 4.78 is 0. The standard InChI is InChI=1S/C16H21N3O2/c1-2-17-15(12-6-4-3-5-7-12)8-10-16(11-9-15)13(20)18-14(21)19-16/h3-7,17H,2,8-11H2,1H3,(H2,18,19,20,21)/t15-,16-. The molecule has 2 aliphatic rings. The van der Waals surface area contributed by atoms with Crippen LogP contribution in [0, 0.1) is 0 Å². The SMILES string of the molecule is CCN[C@]1(c2ccccc2)CC[C@]2(CC1)NC(=O)NC2=O. The van der Waals surface area contributed by atoms with Crippen LogP contribution in [0.15, 0.2) is 30.3 Å². The molecule has 1 aliphatic heterocycles. The second-order valence-corrected chi connectivity index (χ2v) is 5.97. The average Bonchev–Trinajstić information content (AvgIpc) is 2.77. The van der Waals surface area contributed by atoms with Gasteiger partial charge in [-0.25, -0.2) is 4.79 Å². The van der Waals surface area contributed by atoms with E-state index in [-0.39, 0.29) is 17.5 Å². The topological polar surface area (TPSA) is 70.2 Å². The van der Waals surface area contributed by atoms with Crippen molar-refractivity contribution in [1.82, 2.24) is 16.0 Å². The van der Waals surface area contributed by atoms with Gasteiger partial charge in [-0.1, -0.05) is 37.3 Å². The molecule has 1 saturated heterocycles. The molecule has 5 nitrogen and oxygen atoms in total. The first-order valence-corrected chi connectivity index (χ1v) is 7.54. The minimum Gasteiger partial charge on any atom is -0.323 e. The molecule has 0 atom stereocenters. The molecule has 1 aromatic carbocycles. The van der Waals surface area contributed by atoms with Gasteiger partial charge in [0.1, 0.15) is 5.54 Å². The summed E-state index contributed by atoms with van der Waals surface area (Å²) in [5, 5.41) is 8.79. The van der Waals surface area contributed by atoms with Crippen LogP contribution < -0.4 is 16.0 Å². The Morgan fingerprint density at radius 2 is 1.76 bits per heavy atom. The lowest BCUT2D eigenvalue weighted by Gasteiger charge is -2.44. The monoisotopic (exact) mass is 287 g/mol. The molecule has 0 unspecified atom stereocenters. The van der Waals surface area contributed by atoms with Crippen molar-refractivity contribution in [3.63, 3.8) is 0 Å². The molecule has 3 rings (SSSR count).